The van der Waals surface area contributed by atoms with Crippen LogP contribution in [0.5, 0.6) is 0 Å². The SMILES string of the molecule is O=C(/C=C/c1cccs1)N1CCc2cc(S(=O)(=O)N3CCOCC3)ccc21. The fourth-order valence-corrected chi connectivity index (χ4v) is 5.41. The van der Waals surface area contributed by atoms with Crippen molar-refractivity contribution in [3.05, 3.63) is 52.2 Å². The summed E-state index contributed by atoms with van der Waals surface area (Å²) in [5, 5.41) is 1.96. The fourth-order valence-electron chi connectivity index (χ4n) is 3.33. The maximum atomic E-state index is 12.8. The number of sulfonamides is 1. The van der Waals surface area contributed by atoms with Gasteiger partial charge in [0.1, 0.15) is 0 Å². The van der Waals surface area contributed by atoms with Gasteiger partial charge in [0.25, 0.3) is 5.91 Å². The van der Waals surface area contributed by atoms with Crippen molar-refractivity contribution in [2.24, 2.45) is 0 Å². The molecule has 8 heteroatoms. The van der Waals surface area contributed by atoms with Crippen LogP contribution in [0.1, 0.15) is 10.4 Å². The number of carbonyl (C=O) groups is 1. The third kappa shape index (κ3) is 3.70. The lowest BCUT2D eigenvalue weighted by atomic mass is 10.2. The Morgan fingerprint density at radius 1 is 1.15 bits per heavy atom. The van der Waals surface area contributed by atoms with Gasteiger partial charge in [-0.25, -0.2) is 8.42 Å². The molecule has 0 atom stereocenters. The number of rotatable bonds is 4. The Morgan fingerprint density at radius 2 is 1.96 bits per heavy atom. The number of ether oxygens (including phenoxy) is 1. The molecule has 3 heterocycles. The van der Waals surface area contributed by atoms with Crippen LogP contribution in [0.2, 0.25) is 0 Å². The standard InChI is InChI=1S/C19H20N2O4S2/c22-19(6-3-16-2-1-13-26-16)21-8-7-15-14-17(4-5-18(15)21)27(23,24)20-9-11-25-12-10-20/h1-6,13-14H,7-12H2/b6-3+. The van der Waals surface area contributed by atoms with Crippen molar-refractivity contribution in [1.82, 2.24) is 4.31 Å². The van der Waals surface area contributed by atoms with E-state index in [1.165, 1.54) is 4.31 Å². The van der Waals surface area contributed by atoms with Crippen LogP contribution in [0.3, 0.4) is 0 Å². The van der Waals surface area contributed by atoms with Gasteiger partial charge < -0.3 is 9.64 Å². The predicted molar refractivity (Wildman–Crippen MR) is 105 cm³/mol. The third-order valence-corrected chi connectivity index (χ3v) is 7.49. The number of hydrogen-bond donors (Lipinski definition) is 0. The zero-order valence-electron chi connectivity index (χ0n) is 14.7. The number of fused-ring (bicyclic) bond motifs is 1. The molecule has 0 radical (unpaired) electrons. The molecule has 2 aromatic rings. The Hall–Kier alpha value is -2.00. The lowest BCUT2D eigenvalue weighted by molar-refractivity contribution is -0.114. The van der Waals surface area contributed by atoms with E-state index in [-0.39, 0.29) is 10.8 Å². The number of benzene rings is 1. The van der Waals surface area contributed by atoms with Crippen LogP contribution in [-0.2, 0) is 26.0 Å². The average molecular weight is 405 g/mol. The van der Waals surface area contributed by atoms with Crippen molar-refractivity contribution >= 4 is 39.0 Å². The predicted octanol–water partition coefficient (Wildman–Crippen LogP) is 2.37. The summed E-state index contributed by atoms with van der Waals surface area (Å²) in [7, 11) is -3.52. The van der Waals surface area contributed by atoms with Gasteiger partial charge in [-0.2, -0.15) is 4.31 Å². The number of nitrogens with zero attached hydrogens (tertiary/aromatic N) is 2. The Balaban J connectivity index is 1.54. The van der Waals surface area contributed by atoms with Crippen molar-refractivity contribution in [1.29, 1.82) is 0 Å². The van der Waals surface area contributed by atoms with Gasteiger partial charge in [-0.05, 0) is 47.7 Å². The number of amides is 1. The summed E-state index contributed by atoms with van der Waals surface area (Å²) in [6, 6.07) is 8.94. The molecule has 0 aliphatic carbocycles. The molecule has 2 aliphatic rings. The molecule has 4 rings (SSSR count). The van der Waals surface area contributed by atoms with Crippen LogP contribution in [0.25, 0.3) is 6.08 Å². The van der Waals surface area contributed by atoms with Gasteiger partial charge in [0.15, 0.2) is 0 Å². The molecule has 1 saturated heterocycles. The molecular formula is C19H20N2O4S2. The van der Waals surface area contributed by atoms with E-state index >= 15 is 0 Å². The van der Waals surface area contributed by atoms with E-state index in [1.54, 1.807) is 40.5 Å². The molecule has 142 valence electrons. The second-order valence-corrected chi connectivity index (χ2v) is 9.31. The molecule has 0 unspecified atom stereocenters. The van der Waals surface area contributed by atoms with Crippen LogP contribution in [-0.4, -0.2) is 51.5 Å². The molecule has 0 saturated carbocycles. The van der Waals surface area contributed by atoms with Crippen molar-refractivity contribution in [2.75, 3.05) is 37.7 Å². The zero-order valence-corrected chi connectivity index (χ0v) is 16.3. The van der Waals surface area contributed by atoms with E-state index in [2.05, 4.69) is 0 Å². The first-order valence-electron chi connectivity index (χ1n) is 8.79. The quantitative estimate of drug-likeness (QED) is 0.734. The highest BCUT2D eigenvalue weighted by Crippen LogP contribution is 2.31. The molecule has 0 spiro atoms. The normalized spacial score (nSPS) is 18.1. The van der Waals surface area contributed by atoms with Gasteiger partial charge in [-0.15, -0.1) is 11.3 Å². The highest BCUT2D eigenvalue weighted by Gasteiger charge is 2.29. The maximum Gasteiger partial charge on any atom is 0.251 e. The number of morpholine rings is 1. The minimum absolute atomic E-state index is 0.0917. The van der Waals surface area contributed by atoms with Gasteiger partial charge in [-0.1, -0.05) is 6.07 Å². The Kier molecular flexibility index (Phi) is 5.14. The van der Waals surface area contributed by atoms with Crippen molar-refractivity contribution in [2.45, 2.75) is 11.3 Å². The molecule has 1 aromatic carbocycles. The van der Waals surface area contributed by atoms with Crippen LogP contribution >= 0.6 is 11.3 Å². The summed E-state index contributed by atoms with van der Waals surface area (Å²) in [5.74, 6) is -0.0917. The monoisotopic (exact) mass is 404 g/mol. The van der Waals surface area contributed by atoms with Crippen molar-refractivity contribution in [3.8, 4) is 0 Å². The van der Waals surface area contributed by atoms with Crippen molar-refractivity contribution in [3.63, 3.8) is 0 Å². The second-order valence-electron chi connectivity index (χ2n) is 6.40. The van der Waals surface area contributed by atoms with Crippen LogP contribution in [0.15, 0.2) is 46.7 Å². The molecule has 1 amide bonds. The first kappa shape index (κ1) is 18.4. The molecular weight excluding hydrogens is 384 g/mol. The summed E-state index contributed by atoms with van der Waals surface area (Å²) in [6.45, 7) is 2.14. The smallest absolute Gasteiger partial charge is 0.251 e. The number of anilines is 1. The lowest BCUT2D eigenvalue weighted by Gasteiger charge is -2.26. The number of carbonyl (C=O) groups excluding carboxylic acids is 1. The summed E-state index contributed by atoms with van der Waals surface area (Å²) in [5.41, 5.74) is 1.68. The van der Waals surface area contributed by atoms with Crippen molar-refractivity contribution < 1.29 is 17.9 Å². The van der Waals surface area contributed by atoms with Gasteiger partial charge in [0, 0.05) is 36.3 Å². The fraction of sp³-hybridized carbons (Fsp3) is 0.316. The zero-order chi connectivity index (χ0) is 18.9. The largest absolute Gasteiger partial charge is 0.379 e. The van der Waals surface area contributed by atoms with Gasteiger partial charge in [0.2, 0.25) is 10.0 Å². The summed E-state index contributed by atoms with van der Waals surface area (Å²) in [6.07, 6.45) is 4.03. The summed E-state index contributed by atoms with van der Waals surface area (Å²) >= 11 is 1.57. The molecule has 0 N–H and O–H groups in total. The summed E-state index contributed by atoms with van der Waals surface area (Å²) in [4.78, 5) is 15.5. The van der Waals surface area contributed by atoms with E-state index in [1.807, 2.05) is 23.6 Å². The van der Waals surface area contributed by atoms with Gasteiger partial charge in [0.05, 0.1) is 18.1 Å². The lowest BCUT2D eigenvalue weighted by Crippen LogP contribution is -2.40. The minimum atomic E-state index is -3.52. The van der Waals surface area contributed by atoms with Gasteiger partial charge >= 0.3 is 0 Å². The number of thiophene rings is 1. The topological polar surface area (TPSA) is 66.9 Å². The van der Waals surface area contributed by atoms with Gasteiger partial charge in [-0.3, -0.25) is 4.79 Å². The maximum absolute atomic E-state index is 12.8. The van der Waals surface area contributed by atoms with E-state index in [0.29, 0.717) is 39.3 Å². The molecule has 0 bridgehead atoms. The molecule has 2 aliphatic heterocycles. The molecule has 6 nitrogen and oxygen atoms in total. The first-order chi connectivity index (χ1) is 13.1. The molecule has 27 heavy (non-hydrogen) atoms. The highest BCUT2D eigenvalue weighted by molar-refractivity contribution is 7.89. The number of hydrogen-bond acceptors (Lipinski definition) is 5. The highest BCUT2D eigenvalue weighted by atomic mass is 32.2. The van der Waals surface area contributed by atoms with Crippen LogP contribution in [0.4, 0.5) is 5.69 Å². The minimum Gasteiger partial charge on any atom is -0.379 e. The molecule has 1 fully saturated rings. The third-order valence-electron chi connectivity index (χ3n) is 4.75. The van der Waals surface area contributed by atoms with E-state index in [0.717, 1.165) is 16.1 Å². The Bertz CT molecular complexity index is 962. The summed E-state index contributed by atoms with van der Waals surface area (Å²) < 4.78 is 32.3. The van der Waals surface area contributed by atoms with E-state index in [4.69, 9.17) is 4.74 Å². The first-order valence-corrected chi connectivity index (χ1v) is 11.1. The Morgan fingerprint density at radius 3 is 2.70 bits per heavy atom. The molecule has 1 aromatic heterocycles. The van der Waals surface area contributed by atoms with E-state index in [9.17, 15) is 13.2 Å². The van der Waals surface area contributed by atoms with E-state index < -0.39 is 10.0 Å². The second kappa shape index (κ2) is 7.55. The van der Waals surface area contributed by atoms with Crippen LogP contribution in [0, 0.1) is 0 Å². The van der Waals surface area contributed by atoms with Crippen LogP contribution < -0.4 is 4.90 Å². The average Bonchev–Trinajstić information content (AvgIpc) is 3.36. The Labute approximate surface area is 162 Å².